The van der Waals surface area contributed by atoms with Gasteiger partial charge in [-0.2, -0.15) is 0 Å². The highest BCUT2D eigenvalue weighted by molar-refractivity contribution is 5.94. The van der Waals surface area contributed by atoms with Gasteiger partial charge < -0.3 is 5.11 Å². The monoisotopic (exact) mass is 328 g/mol. The Morgan fingerprint density at radius 1 is 1.17 bits per heavy atom. The molecule has 5 heteroatoms. The van der Waals surface area contributed by atoms with Crippen molar-refractivity contribution in [3.63, 3.8) is 0 Å². The molecule has 1 fully saturated rings. The summed E-state index contributed by atoms with van der Waals surface area (Å²) in [6, 6.07) is 7.03. The van der Waals surface area contributed by atoms with Crippen molar-refractivity contribution in [2.24, 2.45) is 0 Å². The van der Waals surface area contributed by atoms with Crippen LogP contribution >= 0.6 is 0 Å². The van der Waals surface area contributed by atoms with Gasteiger partial charge in [0.05, 0.1) is 17.8 Å². The second-order valence-electron chi connectivity index (χ2n) is 6.90. The number of aryl methyl sites for hydroxylation is 1. The van der Waals surface area contributed by atoms with Crippen LogP contribution in [0.25, 0.3) is 5.69 Å². The molecule has 128 valence electrons. The molecule has 3 rings (SSSR count). The molecule has 0 amide bonds. The molecule has 0 radical (unpaired) electrons. The quantitative estimate of drug-likeness (QED) is 0.878. The van der Waals surface area contributed by atoms with E-state index in [1.165, 1.54) is 6.92 Å². The van der Waals surface area contributed by atoms with E-state index in [9.17, 15) is 14.7 Å². The SMILES string of the molecule is CC(=O)c1ccc(-n2c(C)cn(CC3(O)CCCCC3)c2=O)cc1. The molecule has 2 aromatic rings. The smallest absolute Gasteiger partial charge is 0.333 e. The lowest BCUT2D eigenvalue weighted by molar-refractivity contribution is -0.0122. The predicted octanol–water partition coefficient (Wildman–Crippen LogP) is 2.85. The van der Waals surface area contributed by atoms with E-state index in [1.807, 2.05) is 6.92 Å². The van der Waals surface area contributed by atoms with Crippen molar-refractivity contribution in [3.8, 4) is 5.69 Å². The van der Waals surface area contributed by atoms with Crippen molar-refractivity contribution in [1.82, 2.24) is 9.13 Å². The zero-order valence-electron chi connectivity index (χ0n) is 14.3. The number of Topliss-reactive ketones (excluding diaryl/α,β-unsaturated/α-hetero) is 1. The van der Waals surface area contributed by atoms with Crippen molar-refractivity contribution in [2.45, 2.75) is 58.1 Å². The highest BCUT2D eigenvalue weighted by Crippen LogP contribution is 2.29. The van der Waals surface area contributed by atoms with E-state index in [0.717, 1.165) is 43.5 Å². The van der Waals surface area contributed by atoms with Gasteiger partial charge >= 0.3 is 5.69 Å². The number of nitrogens with zero attached hydrogens (tertiary/aromatic N) is 2. The average molecular weight is 328 g/mol. The second kappa shape index (κ2) is 6.40. The zero-order valence-corrected chi connectivity index (χ0v) is 14.3. The van der Waals surface area contributed by atoms with E-state index in [-0.39, 0.29) is 11.5 Å². The topological polar surface area (TPSA) is 64.2 Å². The number of hydrogen-bond donors (Lipinski definition) is 1. The summed E-state index contributed by atoms with van der Waals surface area (Å²) >= 11 is 0. The summed E-state index contributed by atoms with van der Waals surface area (Å²) in [6.45, 7) is 3.74. The van der Waals surface area contributed by atoms with Gasteiger partial charge in [-0.25, -0.2) is 4.79 Å². The number of aliphatic hydroxyl groups is 1. The minimum absolute atomic E-state index is 0.00251. The molecule has 24 heavy (non-hydrogen) atoms. The van der Waals surface area contributed by atoms with Crippen LogP contribution in [0.3, 0.4) is 0 Å². The summed E-state index contributed by atoms with van der Waals surface area (Å²) in [4.78, 5) is 24.2. The third-order valence-electron chi connectivity index (χ3n) is 4.91. The Kier molecular flexibility index (Phi) is 4.45. The standard InChI is InChI=1S/C19H24N2O3/c1-14-12-20(13-19(24)10-4-3-5-11-19)18(23)21(14)17-8-6-16(7-9-17)15(2)22/h6-9,12,24H,3-5,10-11,13H2,1-2H3. The number of aromatic nitrogens is 2. The molecular formula is C19H24N2O3. The first-order chi connectivity index (χ1) is 11.4. The Hall–Kier alpha value is -2.14. The van der Waals surface area contributed by atoms with Crippen molar-refractivity contribution < 1.29 is 9.90 Å². The van der Waals surface area contributed by atoms with Gasteiger partial charge in [0.15, 0.2) is 5.78 Å². The number of hydrogen-bond acceptors (Lipinski definition) is 3. The summed E-state index contributed by atoms with van der Waals surface area (Å²) < 4.78 is 3.23. The van der Waals surface area contributed by atoms with Gasteiger partial charge in [-0.1, -0.05) is 19.3 Å². The van der Waals surface area contributed by atoms with E-state index < -0.39 is 5.60 Å². The van der Waals surface area contributed by atoms with Crippen molar-refractivity contribution in [3.05, 3.63) is 52.2 Å². The molecule has 0 aliphatic heterocycles. The highest BCUT2D eigenvalue weighted by Gasteiger charge is 2.30. The molecule has 0 atom stereocenters. The van der Waals surface area contributed by atoms with Gasteiger partial charge in [-0.15, -0.1) is 0 Å². The maximum atomic E-state index is 12.8. The second-order valence-corrected chi connectivity index (χ2v) is 6.90. The molecule has 0 bridgehead atoms. The molecule has 1 N–H and O–H groups in total. The Morgan fingerprint density at radius 2 is 1.79 bits per heavy atom. The summed E-state index contributed by atoms with van der Waals surface area (Å²) in [6.07, 6.45) is 6.47. The molecule has 1 saturated carbocycles. The lowest BCUT2D eigenvalue weighted by atomic mass is 9.85. The normalized spacial score (nSPS) is 17.0. The Balaban J connectivity index is 1.91. The van der Waals surface area contributed by atoms with Crippen LogP contribution in [0, 0.1) is 6.92 Å². The molecule has 5 nitrogen and oxygen atoms in total. The minimum atomic E-state index is -0.779. The predicted molar refractivity (Wildman–Crippen MR) is 92.8 cm³/mol. The fraction of sp³-hybridized carbons (Fsp3) is 0.474. The largest absolute Gasteiger partial charge is 0.388 e. The van der Waals surface area contributed by atoms with Crippen LogP contribution in [0.5, 0.6) is 0 Å². The van der Waals surface area contributed by atoms with Crippen LogP contribution in [0.15, 0.2) is 35.3 Å². The molecule has 1 aromatic carbocycles. The highest BCUT2D eigenvalue weighted by atomic mass is 16.3. The van der Waals surface area contributed by atoms with E-state index in [1.54, 1.807) is 39.6 Å². The van der Waals surface area contributed by atoms with Gasteiger partial charge in [0.25, 0.3) is 0 Å². The number of benzene rings is 1. The van der Waals surface area contributed by atoms with Gasteiger partial charge in [-0.05, 0) is 51.0 Å². The van der Waals surface area contributed by atoms with Crippen LogP contribution < -0.4 is 5.69 Å². The Morgan fingerprint density at radius 3 is 2.38 bits per heavy atom. The minimum Gasteiger partial charge on any atom is -0.388 e. The molecule has 1 aliphatic carbocycles. The molecule has 0 spiro atoms. The van der Waals surface area contributed by atoms with Gasteiger partial charge in [-0.3, -0.25) is 13.9 Å². The molecule has 1 heterocycles. The fourth-order valence-electron chi connectivity index (χ4n) is 3.58. The van der Waals surface area contributed by atoms with Gasteiger partial charge in [0.1, 0.15) is 0 Å². The van der Waals surface area contributed by atoms with Crippen LogP contribution in [0.4, 0.5) is 0 Å². The zero-order chi connectivity index (χ0) is 17.3. The Bertz CT molecular complexity index is 793. The first kappa shape index (κ1) is 16.7. The maximum absolute atomic E-state index is 12.8. The summed E-state index contributed by atoms with van der Waals surface area (Å²) in [7, 11) is 0. The number of carbonyl (C=O) groups is 1. The first-order valence-electron chi connectivity index (χ1n) is 8.52. The number of carbonyl (C=O) groups excluding carboxylic acids is 1. The lowest BCUT2D eigenvalue weighted by Gasteiger charge is -2.31. The summed E-state index contributed by atoms with van der Waals surface area (Å²) in [5.41, 5.74) is 1.24. The fourth-order valence-corrected chi connectivity index (χ4v) is 3.58. The molecule has 0 saturated heterocycles. The number of ketones is 1. The first-order valence-corrected chi connectivity index (χ1v) is 8.52. The number of rotatable bonds is 4. The molecule has 0 unspecified atom stereocenters. The molecule has 1 aromatic heterocycles. The van der Waals surface area contributed by atoms with E-state index in [2.05, 4.69) is 0 Å². The third kappa shape index (κ3) is 3.22. The summed E-state index contributed by atoms with van der Waals surface area (Å²) in [5, 5.41) is 10.7. The lowest BCUT2D eigenvalue weighted by Crippen LogP contribution is -2.39. The van der Waals surface area contributed by atoms with E-state index in [0.29, 0.717) is 12.1 Å². The number of imidazole rings is 1. The van der Waals surface area contributed by atoms with Crippen molar-refractivity contribution in [1.29, 1.82) is 0 Å². The van der Waals surface area contributed by atoms with Crippen LogP contribution in [0.1, 0.15) is 55.1 Å². The van der Waals surface area contributed by atoms with E-state index >= 15 is 0 Å². The van der Waals surface area contributed by atoms with Crippen molar-refractivity contribution >= 4 is 5.78 Å². The van der Waals surface area contributed by atoms with Crippen LogP contribution in [0.2, 0.25) is 0 Å². The average Bonchev–Trinajstić information content (AvgIpc) is 2.81. The van der Waals surface area contributed by atoms with Gasteiger partial charge in [0, 0.05) is 17.5 Å². The summed E-state index contributed by atoms with van der Waals surface area (Å²) in [5.74, 6) is 0.00251. The Labute approximate surface area is 141 Å². The maximum Gasteiger partial charge on any atom is 0.333 e. The van der Waals surface area contributed by atoms with Crippen LogP contribution in [-0.4, -0.2) is 25.6 Å². The third-order valence-corrected chi connectivity index (χ3v) is 4.91. The molecule has 1 aliphatic rings. The molecular weight excluding hydrogens is 304 g/mol. The van der Waals surface area contributed by atoms with E-state index in [4.69, 9.17) is 0 Å². The van der Waals surface area contributed by atoms with Crippen molar-refractivity contribution in [2.75, 3.05) is 0 Å². The van der Waals surface area contributed by atoms with Gasteiger partial charge in [0.2, 0.25) is 0 Å². The van der Waals surface area contributed by atoms with Crippen LogP contribution in [-0.2, 0) is 6.54 Å².